The van der Waals surface area contributed by atoms with Crippen LogP contribution in [-0.2, 0) is 11.3 Å². The van der Waals surface area contributed by atoms with Crippen molar-refractivity contribution >= 4 is 23.1 Å². The van der Waals surface area contributed by atoms with Gasteiger partial charge in [0.15, 0.2) is 17.8 Å². The highest BCUT2D eigenvalue weighted by Gasteiger charge is 2.43. The van der Waals surface area contributed by atoms with Gasteiger partial charge in [-0.2, -0.15) is 0 Å². The van der Waals surface area contributed by atoms with Gasteiger partial charge in [0, 0.05) is 36.7 Å². The van der Waals surface area contributed by atoms with Gasteiger partial charge in [-0.25, -0.2) is 4.98 Å². The molecule has 0 bridgehead atoms. The number of carbonyl (C=O) groups is 1. The average molecular weight is 501 g/mol. The molecule has 190 valence electrons. The Hall–Kier alpha value is -3.96. The van der Waals surface area contributed by atoms with E-state index in [0.29, 0.717) is 48.9 Å². The number of halogens is 2. The molecule has 4 rings (SSSR count). The van der Waals surface area contributed by atoms with Gasteiger partial charge >= 0.3 is 6.29 Å². The fourth-order valence-electron chi connectivity index (χ4n) is 3.48. The molecule has 1 aliphatic heterocycles. The molecular formula is C25H26F2N4O5. The number of para-hydroxylation sites is 1. The van der Waals surface area contributed by atoms with Crippen molar-refractivity contribution in [2.75, 3.05) is 29.1 Å². The molecule has 2 aromatic carbocycles. The van der Waals surface area contributed by atoms with Crippen LogP contribution in [0.4, 0.5) is 26.0 Å². The highest BCUT2D eigenvalue weighted by molar-refractivity contribution is 6.08. The number of aliphatic hydroxyl groups is 1. The Morgan fingerprint density at radius 3 is 2.75 bits per heavy atom. The molecule has 1 aliphatic rings. The van der Waals surface area contributed by atoms with E-state index in [2.05, 4.69) is 30.4 Å². The summed E-state index contributed by atoms with van der Waals surface area (Å²) in [5, 5.41) is 18.3. The first-order valence-electron chi connectivity index (χ1n) is 11.3. The summed E-state index contributed by atoms with van der Waals surface area (Å²) in [7, 11) is 0. The summed E-state index contributed by atoms with van der Waals surface area (Å²) in [6.45, 7) is 3.07. The van der Waals surface area contributed by atoms with Crippen LogP contribution in [0.1, 0.15) is 29.3 Å². The molecule has 0 spiro atoms. The number of ether oxygens (including phenoxy) is 3. The minimum absolute atomic E-state index is 0.0978. The number of amides is 1. The first-order chi connectivity index (χ1) is 17.3. The van der Waals surface area contributed by atoms with Crippen molar-refractivity contribution in [3.05, 3.63) is 71.9 Å². The highest BCUT2D eigenvalue weighted by atomic mass is 19.3. The molecule has 0 fully saturated rings. The Balaban J connectivity index is 1.35. The number of nitrogens with zero attached hydrogens (tertiary/aromatic N) is 1. The third-order valence-corrected chi connectivity index (χ3v) is 5.12. The number of hydrogen-bond acceptors (Lipinski definition) is 8. The van der Waals surface area contributed by atoms with Crippen LogP contribution in [0.5, 0.6) is 11.5 Å². The van der Waals surface area contributed by atoms with Crippen LogP contribution in [0.15, 0.2) is 60.8 Å². The van der Waals surface area contributed by atoms with Gasteiger partial charge in [0.1, 0.15) is 5.82 Å². The van der Waals surface area contributed by atoms with Crippen LogP contribution < -0.4 is 25.4 Å². The molecule has 3 aromatic rings. The maximum Gasteiger partial charge on any atom is 0.586 e. The lowest BCUT2D eigenvalue weighted by atomic mass is 10.1. The number of nitrogens with one attached hydrogen (secondary N) is 3. The van der Waals surface area contributed by atoms with Gasteiger partial charge in [-0.05, 0) is 55.3 Å². The Bertz CT molecular complexity index is 1210. The van der Waals surface area contributed by atoms with Gasteiger partial charge in [-0.15, -0.1) is 8.78 Å². The maximum atomic E-state index is 13.3. The number of carbonyl (C=O) groups excluding carboxylic acids is 1. The molecule has 1 atom stereocenters. The zero-order valence-electron chi connectivity index (χ0n) is 19.5. The third kappa shape index (κ3) is 6.80. The lowest BCUT2D eigenvalue weighted by Gasteiger charge is -2.13. The second-order valence-corrected chi connectivity index (χ2v) is 7.98. The second kappa shape index (κ2) is 11.2. The van der Waals surface area contributed by atoms with Crippen LogP contribution in [0.3, 0.4) is 0 Å². The molecule has 1 amide bonds. The molecule has 0 radical (unpaired) electrons. The van der Waals surface area contributed by atoms with Crippen molar-refractivity contribution in [3.8, 4) is 11.5 Å². The number of fused-ring (bicyclic) bond motifs is 1. The molecule has 36 heavy (non-hydrogen) atoms. The van der Waals surface area contributed by atoms with E-state index < -0.39 is 18.5 Å². The number of pyridine rings is 1. The number of benzene rings is 2. The summed E-state index contributed by atoms with van der Waals surface area (Å²) in [5.41, 5.74) is 2.22. The summed E-state index contributed by atoms with van der Waals surface area (Å²) in [4.78, 5) is 17.2. The predicted octanol–water partition coefficient (Wildman–Crippen LogP) is 4.42. The number of anilines is 3. The fraction of sp³-hybridized carbons (Fsp3) is 0.280. The number of rotatable bonds is 11. The first-order valence-corrected chi connectivity index (χ1v) is 11.3. The Morgan fingerprint density at radius 2 is 1.92 bits per heavy atom. The van der Waals surface area contributed by atoms with Crippen LogP contribution >= 0.6 is 0 Å². The van der Waals surface area contributed by atoms with E-state index in [1.807, 2.05) is 12.1 Å². The molecule has 1 unspecified atom stereocenters. The van der Waals surface area contributed by atoms with Crippen LogP contribution in [0, 0.1) is 0 Å². The topological polar surface area (TPSA) is 114 Å². The Kier molecular flexibility index (Phi) is 7.81. The predicted molar refractivity (Wildman–Crippen MR) is 129 cm³/mol. The van der Waals surface area contributed by atoms with E-state index in [-0.39, 0.29) is 11.5 Å². The van der Waals surface area contributed by atoms with Crippen molar-refractivity contribution in [3.63, 3.8) is 0 Å². The molecular weight excluding hydrogens is 474 g/mol. The standard InChI is InChI=1S/C25H26F2N4O5/c1-16(32)34-12-4-10-28-23-13-17(9-11-29-23)15-30-20-6-3-2-5-19(20)24(33)31-18-7-8-21-22(14-18)36-25(26,27)35-21/h2-3,5-9,11,13-14,16,30,32H,4,10,12,15H2,1H3,(H,28,29)(H,31,33). The van der Waals surface area contributed by atoms with Crippen LogP contribution in [-0.4, -0.2) is 41.7 Å². The van der Waals surface area contributed by atoms with E-state index in [1.54, 1.807) is 37.4 Å². The van der Waals surface area contributed by atoms with E-state index >= 15 is 0 Å². The molecule has 11 heteroatoms. The van der Waals surface area contributed by atoms with Crippen molar-refractivity contribution in [2.24, 2.45) is 0 Å². The lowest BCUT2D eigenvalue weighted by molar-refractivity contribution is -0.286. The summed E-state index contributed by atoms with van der Waals surface area (Å²) >= 11 is 0. The van der Waals surface area contributed by atoms with Crippen LogP contribution in [0.2, 0.25) is 0 Å². The number of aromatic nitrogens is 1. The van der Waals surface area contributed by atoms with Gasteiger partial charge in [0.2, 0.25) is 0 Å². The average Bonchev–Trinajstić information content (AvgIpc) is 3.16. The summed E-state index contributed by atoms with van der Waals surface area (Å²) in [6, 6.07) is 14.8. The van der Waals surface area contributed by atoms with Gasteiger partial charge in [0.25, 0.3) is 5.91 Å². The zero-order chi connectivity index (χ0) is 25.5. The molecule has 1 aromatic heterocycles. The molecule has 2 heterocycles. The van der Waals surface area contributed by atoms with E-state index in [0.717, 1.165) is 5.56 Å². The molecule has 0 saturated heterocycles. The van der Waals surface area contributed by atoms with Gasteiger partial charge in [-0.1, -0.05) is 12.1 Å². The van der Waals surface area contributed by atoms with Crippen molar-refractivity contribution < 1.29 is 32.9 Å². The smallest absolute Gasteiger partial charge is 0.395 e. The van der Waals surface area contributed by atoms with Crippen LogP contribution in [0.25, 0.3) is 0 Å². The van der Waals surface area contributed by atoms with Gasteiger partial charge in [-0.3, -0.25) is 4.79 Å². The van der Waals surface area contributed by atoms with Crippen molar-refractivity contribution in [1.82, 2.24) is 4.98 Å². The SMILES string of the molecule is CC(O)OCCCNc1cc(CNc2ccccc2C(=O)Nc2ccc3c(c2)OC(F)(F)O3)ccn1. The Morgan fingerprint density at radius 1 is 1.11 bits per heavy atom. The Labute approximate surface area is 206 Å². The largest absolute Gasteiger partial charge is 0.586 e. The van der Waals surface area contributed by atoms with E-state index in [1.165, 1.54) is 18.2 Å². The minimum atomic E-state index is -3.73. The van der Waals surface area contributed by atoms with Crippen molar-refractivity contribution in [1.29, 1.82) is 0 Å². The first kappa shape index (κ1) is 25.1. The number of alkyl halides is 2. The summed E-state index contributed by atoms with van der Waals surface area (Å²) < 4.78 is 40.4. The molecule has 0 aliphatic carbocycles. The normalized spacial score (nSPS) is 14.2. The third-order valence-electron chi connectivity index (χ3n) is 5.12. The molecule has 0 saturated carbocycles. The molecule has 4 N–H and O–H groups in total. The second-order valence-electron chi connectivity index (χ2n) is 7.98. The van der Waals surface area contributed by atoms with Crippen molar-refractivity contribution in [2.45, 2.75) is 32.5 Å². The summed E-state index contributed by atoms with van der Waals surface area (Å²) in [5.74, 6) is 0.0344. The maximum absolute atomic E-state index is 13.3. The zero-order valence-corrected chi connectivity index (χ0v) is 19.5. The van der Waals surface area contributed by atoms with Gasteiger partial charge < -0.3 is 35.3 Å². The molecule has 9 nitrogen and oxygen atoms in total. The van der Waals surface area contributed by atoms with E-state index in [9.17, 15) is 13.6 Å². The number of aliphatic hydroxyl groups excluding tert-OH is 1. The quantitative estimate of drug-likeness (QED) is 0.226. The van der Waals surface area contributed by atoms with E-state index in [4.69, 9.17) is 9.84 Å². The number of hydrogen-bond donors (Lipinski definition) is 4. The fourth-order valence-corrected chi connectivity index (χ4v) is 3.48. The monoisotopic (exact) mass is 500 g/mol. The van der Waals surface area contributed by atoms with Gasteiger partial charge in [0.05, 0.1) is 12.2 Å². The highest BCUT2D eigenvalue weighted by Crippen LogP contribution is 2.42. The lowest BCUT2D eigenvalue weighted by Crippen LogP contribution is -2.25. The summed E-state index contributed by atoms with van der Waals surface area (Å²) in [6.07, 6.45) is -2.11. The minimum Gasteiger partial charge on any atom is -0.395 e.